The smallest absolute Gasteiger partial charge is 0.225 e. The highest BCUT2D eigenvalue weighted by molar-refractivity contribution is 7.89. The molecule has 0 fully saturated rings. The van der Waals surface area contributed by atoms with Gasteiger partial charge in [0.2, 0.25) is 16.1 Å². The first-order valence-electron chi connectivity index (χ1n) is 4.08. The lowest BCUT2D eigenvalue weighted by Gasteiger charge is -2.06. The number of isocyanates is 1. The van der Waals surface area contributed by atoms with Gasteiger partial charge in [0.1, 0.15) is 4.90 Å². The van der Waals surface area contributed by atoms with Crippen LogP contribution in [0.2, 0.25) is 0 Å². The standard InChI is InChI=1S/C9H10N2O3S/c1-6-3-7(2)9(11-5-12)8(4-6)15(10,13)14/h3-4H,1-2H3,(H2,10,13,14). The van der Waals surface area contributed by atoms with Gasteiger partial charge in [0.25, 0.3) is 0 Å². The molecule has 0 heterocycles. The highest BCUT2D eigenvalue weighted by Gasteiger charge is 2.16. The van der Waals surface area contributed by atoms with Crippen LogP contribution in [-0.2, 0) is 14.8 Å². The molecule has 0 aliphatic rings. The van der Waals surface area contributed by atoms with Gasteiger partial charge in [0.15, 0.2) is 0 Å². The van der Waals surface area contributed by atoms with Crippen LogP contribution in [0.25, 0.3) is 0 Å². The summed E-state index contributed by atoms with van der Waals surface area (Å²) in [6.07, 6.45) is 1.31. The summed E-state index contributed by atoms with van der Waals surface area (Å²) >= 11 is 0. The molecule has 0 radical (unpaired) electrons. The van der Waals surface area contributed by atoms with E-state index in [9.17, 15) is 13.2 Å². The van der Waals surface area contributed by atoms with Crippen LogP contribution < -0.4 is 5.14 Å². The van der Waals surface area contributed by atoms with E-state index in [1.54, 1.807) is 19.9 Å². The molecule has 2 N–H and O–H groups in total. The number of hydrogen-bond donors (Lipinski definition) is 1. The van der Waals surface area contributed by atoms with Crippen LogP contribution in [0.15, 0.2) is 22.0 Å². The van der Waals surface area contributed by atoms with Gasteiger partial charge in [0, 0.05) is 0 Å². The third-order valence-electron chi connectivity index (χ3n) is 1.87. The average molecular weight is 226 g/mol. The number of nitrogens with zero attached hydrogens (tertiary/aromatic N) is 1. The van der Waals surface area contributed by atoms with E-state index in [0.717, 1.165) is 5.56 Å². The summed E-state index contributed by atoms with van der Waals surface area (Å²) in [5.74, 6) is 0. The van der Waals surface area contributed by atoms with Crippen molar-refractivity contribution in [3.8, 4) is 0 Å². The van der Waals surface area contributed by atoms with Crippen molar-refractivity contribution in [3.05, 3.63) is 23.3 Å². The van der Waals surface area contributed by atoms with Gasteiger partial charge in [-0.25, -0.2) is 18.4 Å². The van der Waals surface area contributed by atoms with Crippen LogP contribution in [0.1, 0.15) is 11.1 Å². The van der Waals surface area contributed by atoms with Gasteiger partial charge in [0.05, 0.1) is 5.69 Å². The molecule has 1 aromatic carbocycles. The fourth-order valence-electron chi connectivity index (χ4n) is 1.33. The van der Waals surface area contributed by atoms with Crippen molar-refractivity contribution >= 4 is 21.8 Å². The van der Waals surface area contributed by atoms with E-state index in [0.29, 0.717) is 5.56 Å². The maximum absolute atomic E-state index is 11.2. The number of carbonyl (C=O) groups excluding carboxylic acids is 1. The van der Waals surface area contributed by atoms with E-state index in [1.165, 1.54) is 12.1 Å². The summed E-state index contributed by atoms with van der Waals surface area (Å²) in [5, 5.41) is 5.01. The Hall–Kier alpha value is -1.49. The van der Waals surface area contributed by atoms with Crippen LogP contribution >= 0.6 is 0 Å². The Morgan fingerprint density at radius 1 is 1.33 bits per heavy atom. The SMILES string of the molecule is Cc1cc(C)c(N=C=O)c(S(N)(=O)=O)c1. The van der Waals surface area contributed by atoms with Crippen molar-refractivity contribution < 1.29 is 13.2 Å². The normalized spacial score (nSPS) is 10.9. The van der Waals surface area contributed by atoms with Crippen molar-refractivity contribution in [2.24, 2.45) is 10.1 Å². The zero-order valence-corrected chi connectivity index (χ0v) is 9.13. The molecule has 0 aromatic heterocycles. The lowest BCUT2D eigenvalue weighted by Crippen LogP contribution is -2.13. The zero-order chi connectivity index (χ0) is 11.6. The number of benzene rings is 1. The minimum atomic E-state index is -3.87. The summed E-state index contributed by atoms with van der Waals surface area (Å²) in [6, 6.07) is 3.09. The maximum Gasteiger partial charge on any atom is 0.240 e. The van der Waals surface area contributed by atoms with E-state index in [1.807, 2.05) is 0 Å². The van der Waals surface area contributed by atoms with Gasteiger partial charge in [-0.2, -0.15) is 4.99 Å². The number of primary sulfonamides is 1. The first-order valence-corrected chi connectivity index (χ1v) is 5.63. The monoisotopic (exact) mass is 226 g/mol. The lowest BCUT2D eigenvalue weighted by atomic mass is 10.1. The Balaban J connectivity index is 3.69. The van der Waals surface area contributed by atoms with Crippen molar-refractivity contribution in [2.75, 3.05) is 0 Å². The number of sulfonamides is 1. The lowest BCUT2D eigenvalue weighted by molar-refractivity contribution is 0.565. The number of aryl methyl sites for hydroxylation is 2. The molecule has 6 heteroatoms. The molecule has 0 saturated heterocycles. The van der Waals surface area contributed by atoms with E-state index in [-0.39, 0.29) is 10.6 Å². The molecule has 1 rings (SSSR count). The minimum absolute atomic E-state index is 0.0538. The molecule has 0 atom stereocenters. The molecule has 0 aliphatic heterocycles. The fourth-order valence-corrected chi connectivity index (χ4v) is 2.15. The Labute approximate surface area is 87.7 Å². The zero-order valence-electron chi connectivity index (χ0n) is 8.31. The molecule has 0 bridgehead atoms. The summed E-state index contributed by atoms with van der Waals surface area (Å²) in [4.78, 5) is 13.4. The Morgan fingerprint density at radius 2 is 1.93 bits per heavy atom. The summed E-state index contributed by atoms with van der Waals surface area (Å²) < 4.78 is 22.4. The van der Waals surface area contributed by atoms with Crippen LogP contribution in [-0.4, -0.2) is 14.5 Å². The number of rotatable bonds is 2. The topological polar surface area (TPSA) is 89.6 Å². The van der Waals surface area contributed by atoms with Gasteiger partial charge in [-0.1, -0.05) is 6.07 Å². The van der Waals surface area contributed by atoms with Crippen LogP contribution in [0, 0.1) is 13.8 Å². The summed E-state index contributed by atoms with van der Waals surface area (Å²) in [7, 11) is -3.87. The molecule has 1 aromatic rings. The average Bonchev–Trinajstić information content (AvgIpc) is 2.07. The third-order valence-corrected chi connectivity index (χ3v) is 2.80. The van der Waals surface area contributed by atoms with E-state index < -0.39 is 10.0 Å². The Morgan fingerprint density at radius 3 is 2.40 bits per heavy atom. The van der Waals surface area contributed by atoms with Gasteiger partial charge < -0.3 is 0 Å². The second kappa shape index (κ2) is 3.94. The van der Waals surface area contributed by atoms with E-state index >= 15 is 0 Å². The van der Waals surface area contributed by atoms with Crippen molar-refractivity contribution in [2.45, 2.75) is 18.7 Å². The van der Waals surface area contributed by atoms with E-state index in [4.69, 9.17) is 5.14 Å². The van der Waals surface area contributed by atoms with Gasteiger partial charge in [-0.3, -0.25) is 0 Å². The van der Waals surface area contributed by atoms with Crippen LogP contribution in [0.4, 0.5) is 5.69 Å². The molecule has 0 unspecified atom stereocenters. The van der Waals surface area contributed by atoms with E-state index in [2.05, 4.69) is 4.99 Å². The highest BCUT2D eigenvalue weighted by Crippen LogP contribution is 2.28. The maximum atomic E-state index is 11.2. The minimum Gasteiger partial charge on any atom is -0.225 e. The molecule has 0 amide bonds. The molecule has 80 valence electrons. The molecule has 0 saturated carbocycles. The number of aliphatic imine (C=N–C) groups is 1. The highest BCUT2D eigenvalue weighted by atomic mass is 32.2. The number of nitrogens with two attached hydrogens (primary N) is 1. The third kappa shape index (κ3) is 2.50. The quantitative estimate of drug-likeness (QED) is 0.600. The first kappa shape index (κ1) is 11.6. The predicted octanol–water partition coefficient (Wildman–Crippen LogP) is 0.918. The summed E-state index contributed by atoms with van der Waals surface area (Å²) in [5.41, 5.74) is 1.36. The number of hydrogen-bond acceptors (Lipinski definition) is 4. The first-order chi connectivity index (χ1) is 6.86. The largest absolute Gasteiger partial charge is 0.240 e. The molecular formula is C9H10N2O3S. The Bertz CT molecular complexity index is 543. The van der Waals surface area contributed by atoms with Gasteiger partial charge in [-0.05, 0) is 31.0 Å². The molecule has 0 spiro atoms. The van der Waals surface area contributed by atoms with Crippen LogP contribution in [0.5, 0.6) is 0 Å². The van der Waals surface area contributed by atoms with Crippen LogP contribution in [0.3, 0.4) is 0 Å². The van der Waals surface area contributed by atoms with Crippen molar-refractivity contribution in [1.29, 1.82) is 0 Å². The van der Waals surface area contributed by atoms with Crippen molar-refractivity contribution in [1.82, 2.24) is 0 Å². The van der Waals surface area contributed by atoms with Crippen molar-refractivity contribution in [3.63, 3.8) is 0 Å². The second-order valence-electron chi connectivity index (χ2n) is 3.18. The molecule has 5 nitrogen and oxygen atoms in total. The fraction of sp³-hybridized carbons (Fsp3) is 0.222. The summed E-state index contributed by atoms with van der Waals surface area (Å²) in [6.45, 7) is 3.38. The molecule has 15 heavy (non-hydrogen) atoms. The molecular weight excluding hydrogens is 216 g/mol. The predicted molar refractivity (Wildman–Crippen MR) is 55.1 cm³/mol. The van der Waals surface area contributed by atoms with Gasteiger partial charge in [-0.15, -0.1) is 0 Å². The van der Waals surface area contributed by atoms with Gasteiger partial charge >= 0.3 is 0 Å². The second-order valence-corrected chi connectivity index (χ2v) is 4.71. The molecule has 0 aliphatic carbocycles. The Kier molecular flexibility index (Phi) is 3.04.